The van der Waals surface area contributed by atoms with Gasteiger partial charge in [-0.3, -0.25) is 9.59 Å². The first-order chi connectivity index (χ1) is 22.9. The second kappa shape index (κ2) is 13.7. The molecule has 0 amide bonds. The van der Waals surface area contributed by atoms with E-state index < -0.39 is 5.56 Å². The summed E-state index contributed by atoms with van der Waals surface area (Å²) >= 11 is 0. The zero-order valence-electron chi connectivity index (χ0n) is 25.5. The smallest absolute Gasteiger partial charge is 0.287 e. The number of pyridine rings is 2. The summed E-state index contributed by atoms with van der Waals surface area (Å²) in [7, 11) is 0. The lowest BCUT2D eigenvalue weighted by Crippen LogP contribution is -2.28. The molecule has 0 fully saturated rings. The van der Waals surface area contributed by atoms with Crippen LogP contribution in [0.4, 0.5) is 11.4 Å². The molecular formula is C33H30N8O6. The highest BCUT2D eigenvalue weighted by Gasteiger charge is 2.15. The highest BCUT2D eigenvalue weighted by Crippen LogP contribution is 2.24. The van der Waals surface area contributed by atoms with Crippen molar-refractivity contribution in [3.63, 3.8) is 0 Å². The Balaban J connectivity index is 0.000000172. The Morgan fingerprint density at radius 3 is 1.85 bits per heavy atom. The SMILES string of the molecule is Cc1ncnc2c1c(NCc1ccco1)cc(=O)n2O.Cc1ncnc2c1c(NCc1ccco1)cc(=O)n2OCc1ccccc1. The molecule has 0 radical (unpaired) electrons. The minimum Gasteiger partial charge on any atom is -0.467 e. The van der Waals surface area contributed by atoms with Crippen molar-refractivity contribution in [2.75, 3.05) is 10.6 Å². The Hall–Kier alpha value is -6.44. The van der Waals surface area contributed by atoms with Crippen LogP contribution in [0.2, 0.25) is 0 Å². The quantitative estimate of drug-likeness (QED) is 0.190. The van der Waals surface area contributed by atoms with Gasteiger partial charge in [0.1, 0.15) is 30.8 Å². The molecule has 238 valence electrons. The van der Waals surface area contributed by atoms with Gasteiger partial charge >= 0.3 is 0 Å². The topological polar surface area (TPSA) is 175 Å². The fourth-order valence-electron chi connectivity index (χ4n) is 4.90. The molecule has 0 aliphatic rings. The molecular weight excluding hydrogens is 604 g/mol. The number of nitrogens with zero attached hydrogens (tertiary/aromatic N) is 6. The molecule has 14 heteroatoms. The molecule has 3 N–H and O–H groups in total. The monoisotopic (exact) mass is 634 g/mol. The van der Waals surface area contributed by atoms with Crippen molar-refractivity contribution in [2.24, 2.45) is 0 Å². The van der Waals surface area contributed by atoms with E-state index in [0.29, 0.717) is 45.9 Å². The lowest BCUT2D eigenvalue weighted by molar-refractivity contribution is 0.0979. The number of hydrogen-bond donors (Lipinski definition) is 3. The summed E-state index contributed by atoms with van der Waals surface area (Å²) in [6.45, 7) is 4.79. The molecule has 0 aliphatic carbocycles. The van der Waals surface area contributed by atoms with Crippen molar-refractivity contribution >= 4 is 33.4 Å². The Kier molecular flexibility index (Phi) is 8.90. The molecule has 7 aromatic rings. The molecule has 6 heterocycles. The Morgan fingerprint density at radius 2 is 1.28 bits per heavy atom. The van der Waals surface area contributed by atoms with Crippen LogP contribution in [0.5, 0.6) is 0 Å². The van der Waals surface area contributed by atoms with E-state index in [0.717, 1.165) is 28.2 Å². The predicted octanol–water partition coefficient (Wildman–Crippen LogP) is 4.48. The fourth-order valence-corrected chi connectivity index (χ4v) is 4.90. The maximum absolute atomic E-state index is 12.7. The zero-order valence-corrected chi connectivity index (χ0v) is 25.5. The van der Waals surface area contributed by atoms with Crippen molar-refractivity contribution in [1.82, 2.24) is 29.4 Å². The first kappa shape index (κ1) is 30.6. The third kappa shape index (κ3) is 6.81. The maximum atomic E-state index is 12.7. The second-order valence-corrected chi connectivity index (χ2v) is 10.3. The highest BCUT2D eigenvalue weighted by atomic mass is 16.7. The van der Waals surface area contributed by atoms with E-state index in [1.165, 1.54) is 29.5 Å². The van der Waals surface area contributed by atoms with Gasteiger partial charge in [0.2, 0.25) is 0 Å². The first-order valence-electron chi connectivity index (χ1n) is 14.5. The van der Waals surface area contributed by atoms with E-state index in [2.05, 4.69) is 30.6 Å². The van der Waals surface area contributed by atoms with Gasteiger partial charge in [-0.15, -0.1) is 9.46 Å². The first-order valence-corrected chi connectivity index (χ1v) is 14.5. The van der Waals surface area contributed by atoms with Crippen LogP contribution in [0.1, 0.15) is 28.5 Å². The number of aromatic nitrogens is 6. The Morgan fingerprint density at radius 1 is 0.723 bits per heavy atom. The van der Waals surface area contributed by atoms with Gasteiger partial charge in [-0.1, -0.05) is 30.3 Å². The molecule has 0 bridgehead atoms. The molecule has 14 nitrogen and oxygen atoms in total. The minimum atomic E-state index is -0.558. The Labute approximate surface area is 266 Å². The number of benzene rings is 1. The van der Waals surface area contributed by atoms with Gasteiger partial charge < -0.3 is 29.5 Å². The van der Waals surface area contributed by atoms with Crippen molar-refractivity contribution in [2.45, 2.75) is 33.5 Å². The average Bonchev–Trinajstić information content (AvgIpc) is 3.80. The number of rotatable bonds is 9. The van der Waals surface area contributed by atoms with E-state index >= 15 is 0 Å². The summed E-state index contributed by atoms with van der Waals surface area (Å²) in [5.74, 6) is 1.50. The van der Waals surface area contributed by atoms with Crippen LogP contribution >= 0.6 is 0 Å². The number of anilines is 2. The molecule has 0 unspecified atom stereocenters. The van der Waals surface area contributed by atoms with Gasteiger partial charge in [0.05, 0.1) is 59.2 Å². The van der Waals surface area contributed by atoms with Crippen LogP contribution in [-0.4, -0.2) is 34.6 Å². The molecule has 0 saturated carbocycles. The molecule has 7 rings (SSSR count). The zero-order chi connectivity index (χ0) is 32.8. The van der Waals surface area contributed by atoms with Gasteiger partial charge in [0, 0.05) is 12.1 Å². The molecule has 6 aromatic heterocycles. The Bertz CT molecular complexity index is 2230. The van der Waals surface area contributed by atoms with Gasteiger partial charge in [0.25, 0.3) is 11.1 Å². The lowest BCUT2D eigenvalue weighted by atomic mass is 10.2. The molecule has 0 saturated heterocycles. The number of nitrogens with one attached hydrogen (secondary N) is 2. The number of hydrogen-bond acceptors (Lipinski definition) is 12. The summed E-state index contributed by atoms with van der Waals surface area (Å²) in [5, 5.41) is 17.4. The van der Waals surface area contributed by atoms with Crippen molar-refractivity contribution in [3.8, 4) is 0 Å². The number of furan rings is 2. The number of aryl methyl sites for hydroxylation is 2. The van der Waals surface area contributed by atoms with Crippen molar-refractivity contribution < 1.29 is 18.9 Å². The van der Waals surface area contributed by atoms with Crippen LogP contribution in [0, 0.1) is 13.8 Å². The third-order valence-electron chi connectivity index (χ3n) is 7.18. The summed E-state index contributed by atoms with van der Waals surface area (Å²) < 4.78 is 12.3. The van der Waals surface area contributed by atoms with Crippen molar-refractivity contribution in [3.05, 3.63) is 141 Å². The maximum Gasteiger partial charge on any atom is 0.287 e. The molecule has 0 spiro atoms. The summed E-state index contributed by atoms with van der Waals surface area (Å²) in [6.07, 6.45) is 5.92. The van der Waals surface area contributed by atoms with E-state index in [-0.39, 0.29) is 17.8 Å². The highest BCUT2D eigenvalue weighted by molar-refractivity contribution is 5.91. The van der Waals surface area contributed by atoms with E-state index in [4.69, 9.17) is 13.7 Å². The van der Waals surface area contributed by atoms with Gasteiger partial charge in [-0.25, -0.2) is 19.9 Å². The minimum absolute atomic E-state index is 0.173. The largest absolute Gasteiger partial charge is 0.467 e. The number of fused-ring (bicyclic) bond motifs is 2. The van der Waals surface area contributed by atoms with Gasteiger partial charge in [-0.05, 0) is 43.7 Å². The van der Waals surface area contributed by atoms with Crippen LogP contribution in [0.15, 0.2) is 110 Å². The summed E-state index contributed by atoms with van der Waals surface area (Å²) in [6, 6.07) is 19.7. The van der Waals surface area contributed by atoms with Crippen molar-refractivity contribution in [1.29, 1.82) is 0 Å². The standard InChI is InChI=1S/C20H18N4O3.C13H12N4O3/c1-14-19-17(21-11-16-8-5-9-26-16)10-18(25)24(20(19)23-13-22-14)27-12-15-6-3-2-4-7-15;1-8-12-10(14-6-9-3-2-4-20-9)5-11(18)17(19)13(12)16-7-15-8/h2-10,13,21H,11-12H2,1H3;2-5,7,14,19H,6H2,1H3. The summed E-state index contributed by atoms with van der Waals surface area (Å²) in [4.78, 5) is 46.7. The van der Waals surface area contributed by atoms with Crippen LogP contribution in [0.25, 0.3) is 22.1 Å². The van der Waals surface area contributed by atoms with E-state index in [1.54, 1.807) is 25.5 Å². The fraction of sp³-hybridized carbons (Fsp3) is 0.152. The third-order valence-corrected chi connectivity index (χ3v) is 7.18. The normalized spacial score (nSPS) is 10.9. The van der Waals surface area contributed by atoms with Crippen LogP contribution in [-0.2, 0) is 19.7 Å². The van der Waals surface area contributed by atoms with E-state index in [1.807, 2.05) is 55.5 Å². The molecule has 0 atom stereocenters. The summed E-state index contributed by atoms with van der Waals surface area (Å²) in [5.41, 5.74) is 3.31. The lowest BCUT2D eigenvalue weighted by Gasteiger charge is -2.15. The van der Waals surface area contributed by atoms with E-state index in [9.17, 15) is 14.8 Å². The van der Waals surface area contributed by atoms with Crippen LogP contribution in [0.3, 0.4) is 0 Å². The molecule has 47 heavy (non-hydrogen) atoms. The average molecular weight is 635 g/mol. The van der Waals surface area contributed by atoms with Gasteiger partial charge in [-0.2, -0.15) is 0 Å². The molecule has 1 aromatic carbocycles. The van der Waals surface area contributed by atoms with Crippen LogP contribution < -0.4 is 26.6 Å². The predicted molar refractivity (Wildman–Crippen MR) is 173 cm³/mol. The molecule has 0 aliphatic heterocycles. The second-order valence-electron chi connectivity index (χ2n) is 10.3. The van der Waals surface area contributed by atoms with Gasteiger partial charge in [0.15, 0.2) is 11.3 Å².